The number of aliphatic carboxylic acids is 2. The van der Waals surface area contributed by atoms with Crippen LogP contribution in [0.3, 0.4) is 0 Å². The molecule has 0 saturated carbocycles. The quantitative estimate of drug-likeness (QED) is 0.457. The highest BCUT2D eigenvalue weighted by atomic mass is 16.6. The molecule has 108 valence electrons. The molecular weight excluding hydrogens is 260 g/mol. The van der Waals surface area contributed by atoms with Crippen molar-refractivity contribution in [2.75, 3.05) is 0 Å². The molecule has 0 aromatic rings. The summed E-state index contributed by atoms with van der Waals surface area (Å²) in [7, 11) is 0. The van der Waals surface area contributed by atoms with Crippen molar-refractivity contribution in [3.8, 4) is 0 Å². The lowest BCUT2D eigenvalue weighted by Gasteiger charge is -2.39. The van der Waals surface area contributed by atoms with E-state index in [0.29, 0.717) is 0 Å². The Kier molecular flexibility index (Phi) is 4.80. The summed E-state index contributed by atoms with van der Waals surface area (Å²) in [6, 6.07) is 0. The predicted octanol–water partition coefficient (Wildman–Crippen LogP) is -0.361. The molecular formula is C11H16O8. The van der Waals surface area contributed by atoms with Gasteiger partial charge in [-0.15, -0.1) is 0 Å². The molecule has 0 aliphatic carbocycles. The van der Waals surface area contributed by atoms with E-state index >= 15 is 0 Å². The number of carboxylic acids is 2. The van der Waals surface area contributed by atoms with Gasteiger partial charge in [0.1, 0.15) is 5.41 Å². The number of carboxylic acid groups (broad SMARTS) is 2. The van der Waals surface area contributed by atoms with Gasteiger partial charge in [-0.2, -0.15) is 0 Å². The van der Waals surface area contributed by atoms with E-state index in [0.717, 1.165) is 27.7 Å². The Morgan fingerprint density at radius 2 is 1.53 bits per heavy atom. The van der Waals surface area contributed by atoms with E-state index in [1.807, 2.05) is 0 Å². The maximum atomic E-state index is 11.7. The minimum Gasteiger partial charge on any atom is -0.481 e. The van der Waals surface area contributed by atoms with E-state index < -0.39 is 40.8 Å². The van der Waals surface area contributed by atoms with Gasteiger partial charge < -0.3 is 20.1 Å². The number of carbonyl (C=O) groups is 4. The predicted molar refractivity (Wildman–Crippen MR) is 59.9 cm³/mol. The van der Waals surface area contributed by atoms with E-state index in [1.165, 1.54) is 0 Å². The molecule has 19 heavy (non-hydrogen) atoms. The molecule has 8 heteroatoms. The van der Waals surface area contributed by atoms with Crippen molar-refractivity contribution in [2.24, 2.45) is 11.3 Å². The second-order valence-corrected chi connectivity index (χ2v) is 4.64. The number of hydrogen-bond donors (Lipinski definition) is 3. The topological polar surface area (TPSA) is 138 Å². The van der Waals surface area contributed by atoms with E-state index in [1.54, 1.807) is 0 Å². The van der Waals surface area contributed by atoms with E-state index in [9.17, 15) is 24.3 Å². The first-order chi connectivity index (χ1) is 8.38. The number of hydrogen-bond acceptors (Lipinski definition) is 6. The zero-order valence-corrected chi connectivity index (χ0v) is 11.0. The molecule has 0 bridgehead atoms. The van der Waals surface area contributed by atoms with Crippen LogP contribution in [0.4, 0.5) is 0 Å². The zero-order chi connectivity index (χ0) is 15.6. The third-order valence-electron chi connectivity index (χ3n) is 3.02. The Morgan fingerprint density at radius 1 is 1.11 bits per heavy atom. The van der Waals surface area contributed by atoms with Crippen molar-refractivity contribution >= 4 is 23.9 Å². The van der Waals surface area contributed by atoms with Crippen molar-refractivity contribution in [3.63, 3.8) is 0 Å². The molecule has 0 heterocycles. The Morgan fingerprint density at radius 3 is 1.79 bits per heavy atom. The molecule has 0 fully saturated rings. The first-order valence-electron chi connectivity index (χ1n) is 5.30. The van der Waals surface area contributed by atoms with Crippen LogP contribution in [0.5, 0.6) is 0 Å². The smallest absolute Gasteiger partial charge is 0.337 e. The van der Waals surface area contributed by atoms with Crippen LogP contribution in [0.2, 0.25) is 0 Å². The van der Waals surface area contributed by atoms with Gasteiger partial charge in [0.15, 0.2) is 5.60 Å². The molecule has 2 atom stereocenters. The number of aliphatic hydroxyl groups is 1. The number of rotatable bonds is 5. The highest BCUT2D eigenvalue weighted by Gasteiger charge is 2.61. The SMILES string of the molecule is CC(=O)OC(=O)C(C)(C)C(O)(C(=O)O)C(C)C(=O)O. The fraction of sp³-hybridized carbons (Fsp3) is 0.636. The van der Waals surface area contributed by atoms with Crippen LogP contribution in [0.15, 0.2) is 0 Å². The third-order valence-corrected chi connectivity index (χ3v) is 3.02. The molecule has 0 saturated heterocycles. The van der Waals surface area contributed by atoms with E-state index in [-0.39, 0.29) is 0 Å². The summed E-state index contributed by atoms with van der Waals surface area (Å²) in [5, 5.41) is 28.1. The summed E-state index contributed by atoms with van der Waals surface area (Å²) < 4.78 is 4.25. The van der Waals surface area contributed by atoms with Crippen LogP contribution in [0.1, 0.15) is 27.7 Å². The van der Waals surface area contributed by atoms with Crippen LogP contribution < -0.4 is 0 Å². The molecule has 2 unspecified atom stereocenters. The molecule has 0 aliphatic rings. The maximum absolute atomic E-state index is 11.7. The monoisotopic (exact) mass is 276 g/mol. The summed E-state index contributed by atoms with van der Waals surface area (Å²) in [6.45, 7) is 3.85. The highest BCUT2D eigenvalue weighted by Crippen LogP contribution is 2.38. The molecule has 0 amide bonds. The van der Waals surface area contributed by atoms with Gasteiger partial charge in [-0.1, -0.05) is 0 Å². The summed E-state index contributed by atoms with van der Waals surface area (Å²) in [4.78, 5) is 44.5. The summed E-state index contributed by atoms with van der Waals surface area (Å²) in [6.07, 6.45) is 0. The lowest BCUT2D eigenvalue weighted by Crippen LogP contribution is -2.61. The second-order valence-electron chi connectivity index (χ2n) is 4.64. The van der Waals surface area contributed by atoms with Gasteiger partial charge in [0.05, 0.1) is 5.92 Å². The average Bonchev–Trinajstić information content (AvgIpc) is 2.24. The first-order valence-corrected chi connectivity index (χ1v) is 5.30. The average molecular weight is 276 g/mol. The number of esters is 2. The zero-order valence-electron chi connectivity index (χ0n) is 11.0. The van der Waals surface area contributed by atoms with Crippen molar-refractivity contribution in [3.05, 3.63) is 0 Å². The van der Waals surface area contributed by atoms with Gasteiger partial charge >= 0.3 is 23.9 Å². The van der Waals surface area contributed by atoms with Crippen LogP contribution in [0.25, 0.3) is 0 Å². The maximum Gasteiger partial charge on any atom is 0.337 e. The Balaban J connectivity index is 5.75. The Hall–Kier alpha value is -1.96. The van der Waals surface area contributed by atoms with Crippen LogP contribution in [-0.4, -0.2) is 44.8 Å². The molecule has 0 aromatic heterocycles. The van der Waals surface area contributed by atoms with Gasteiger partial charge in [-0.3, -0.25) is 14.4 Å². The largest absolute Gasteiger partial charge is 0.481 e. The summed E-state index contributed by atoms with van der Waals surface area (Å²) in [5.74, 6) is -7.60. The van der Waals surface area contributed by atoms with E-state index in [4.69, 9.17) is 10.2 Å². The highest BCUT2D eigenvalue weighted by molar-refractivity contribution is 5.96. The first kappa shape index (κ1) is 17.0. The van der Waals surface area contributed by atoms with Gasteiger partial charge in [0.2, 0.25) is 0 Å². The number of carbonyl (C=O) groups excluding carboxylic acids is 2. The van der Waals surface area contributed by atoms with Gasteiger partial charge in [-0.25, -0.2) is 4.79 Å². The van der Waals surface area contributed by atoms with Gasteiger partial charge in [-0.05, 0) is 20.8 Å². The molecule has 0 aliphatic heterocycles. The minimum absolute atomic E-state index is 0.925. The van der Waals surface area contributed by atoms with Crippen molar-refractivity contribution < 1.29 is 39.2 Å². The molecule has 0 radical (unpaired) electrons. The molecule has 3 N–H and O–H groups in total. The van der Waals surface area contributed by atoms with Crippen molar-refractivity contribution in [2.45, 2.75) is 33.3 Å². The van der Waals surface area contributed by atoms with Gasteiger partial charge in [0.25, 0.3) is 0 Å². The van der Waals surface area contributed by atoms with Crippen LogP contribution in [0, 0.1) is 11.3 Å². The van der Waals surface area contributed by atoms with Crippen LogP contribution >= 0.6 is 0 Å². The molecule has 0 rings (SSSR count). The van der Waals surface area contributed by atoms with Crippen molar-refractivity contribution in [1.29, 1.82) is 0 Å². The fourth-order valence-electron chi connectivity index (χ4n) is 1.59. The summed E-state index contributed by atoms with van der Waals surface area (Å²) >= 11 is 0. The standard InChI is InChI=1S/C11H16O8/c1-5(7(13)14)11(18,8(15)16)10(3,4)9(17)19-6(2)12/h5,18H,1-4H3,(H,13,14)(H,15,16). The second kappa shape index (κ2) is 5.35. The minimum atomic E-state index is -2.93. The normalized spacial score (nSPS) is 16.1. The molecule has 8 nitrogen and oxygen atoms in total. The van der Waals surface area contributed by atoms with E-state index in [2.05, 4.69) is 4.74 Å². The Bertz CT molecular complexity index is 424. The van der Waals surface area contributed by atoms with Crippen molar-refractivity contribution in [1.82, 2.24) is 0 Å². The third kappa shape index (κ3) is 2.90. The molecule has 0 spiro atoms. The Labute approximate surface area is 109 Å². The molecule has 0 aromatic carbocycles. The lowest BCUT2D eigenvalue weighted by atomic mass is 9.68. The summed E-state index contributed by atoms with van der Waals surface area (Å²) in [5.41, 5.74) is -5.06. The van der Waals surface area contributed by atoms with Gasteiger partial charge in [0, 0.05) is 6.92 Å². The van der Waals surface area contributed by atoms with Crippen LogP contribution in [-0.2, 0) is 23.9 Å². The number of ether oxygens (including phenoxy) is 1. The lowest BCUT2D eigenvalue weighted by molar-refractivity contribution is -0.201. The fourth-order valence-corrected chi connectivity index (χ4v) is 1.59.